The zero-order valence-electron chi connectivity index (χ0n) is 4.67. The molecule has 0 heterocycles. The topological polar surface area (TPSA) is 0 Å². The lowest BCUT2D eigenvalue weighted by Gasteiger charge is -1.89. The summed E-state index contributed by atoms with van der Waals surface area (Å²) in [6.45, 7) is 4.00. The van der Waals surface area contributed by atoms with Gasteiger partial charge in [-0.15, -0.1) is 0 Å². The van der Waals surface area contributed by atoms with Crippen LogP contribution < -0.4 is 0 Å². The van der Waals surface area contributed by atoms with Gasteiger partial charge < -0.3 is 0 Å². The Hall–Kier alpha value is -0.280. The van der Waals surface area contributed by atoms with Gasteiger partial charge in [-0.3, -0.25) is 0 Å². The molecule has 0 saturated carbocycles. The minimum Gasteiger partial charge on any atom is -0.204 e. The van der Waals surface area contributed by atoms with Crippen molar-refractivity contribution in [3.8, 4) is 0 Å². The molecule has 0 spiro atoms. The first-order chi connectivity index (χ1) is 3.64. The molecule has 0 nitrogen and oxygen atoms in total. The number of rotatable bonds is 1. The first kappa shape index (κ1) is 10.7. The van der Waals surface area contributed by atoms with Crippen LogP contribution in [0.3, 0.4) is 0 Å². The molecular weight excluding hydrogens is 124 g/mol. The van der Waals surface area contributed by atoms with E-state index in [1.54, 1.807) is 0 Å². The van der Waals surface area contributed by atoms with E-state index in [-0.39, 0.29) is 0 Å². The van der Waals surface area contributed by atoms with Gasteiger partial charge in [0, 0.05) is 0 Å². The highest BCUT2D eigenvalue weighted by molar-refractivity contribution is 4.35. The van der Waals surface area contributed by atoms with Crippen molar-refractivity contribution in [2.24, 2.45) is 0 Å². The maximum atomic E-state index is 10.4. The molecular formula is C4H8F4. The van der Waals surface area contributed by atoms with Gasteiger partial charge in [-0.1, -0.05) is 13.8 Å². The fourth-order valence-corrected chi connectivity index (χ4v) is 0. The van der Waals surface area contributed by atoms with Gasteiger partial charge in [-0.25, -0.2) is 17.6 Å². The van der Waals surface area contributed by atoms with Crippen LogP contribution in [0.1, 0.15) is 13.8 Å². The average Bonchev–Trinajstić information content (AvgIpc) is 1.72. The zero-order chi connectivity index (χ0) is 7.15. The van der Waals surface area contributed by atoms with Crippen molar-refractivity contribution in [3.05, 3.63) is 0 Å². The highest BCUT2D eigenvalue weighted by atomic mass is 19.3. The molecule has 8 heavy (non-hydrogen) atoms. The second-order valence-corrected chi connectivity index (χ2v) is 0.669. The van der Waals surface area contributed by atoms with Crippen molar-refractivity contribution in [1.29, 1.82) is 0 Å². The van der Waals surface area contributed by atoms with Crippen molar-refractivity contribution in [1.82, 2.24) is 0 Å². The molecule has 0 aromatic heterocycles. The third-order valence-corrected chi connectivity index (χ3v) is 0.190. The smallest absolute Gasteiger partial charge is 0.204 e. The van der Waals surface area contributed by atoms with E-state index < -0.39 is 12.9 Å². The van der Waals surface area contributed by atoms with E-state index in [0.717, 1.165) is 0 Å². The Labute approximate surface area is 45.5 Å². The van der Waals surface area contributed by atoms with Crippen LogP contribution in [-0.4, -0.2) is 12.9 Å². The van der Waals surface area contributed by atoms with Gasteiger partial charge in [0.2, 0.25) is 0 Å². The van der Waals surface area contributed by atoms with Gasteiger partial charge in [-0.05, 0) is 0 Å². The van der Waals surface area contributed by atoms with Crippen LogP contribution >= 0.6 is 0 Å². The molecule has 0 aliphatic rings. The normalized spacial score (nSPS) is 9.00. The van der Waals surface area contributed by atoms with Crippen LogP contribution in [0.25, 0.3) is 0 Å². The van der Waals surface area contributed by atoms with E-state index in [1.807, 2.05) is 13.8 Å². The second-order valence-electron chi connectivity index (χ2n) is 0.669. The highest BCUT2D eigenvalue weighted by Gasteiger charge is 2.15. The Balaban J connectivity index is 0. The van der Waals surface area contributed by atoms with Crippen LogP contribution in [0.4, 0.5) is 17.6 Å². The maximum Gasteiger partial charge on any atom is 0.298 e. The monoisotopic (exact) mass is 132 g/mol. The Morgan fingerprint density at radius 2 is 0.875 bits per heavy atom. The van der Waals surface area contributed by atoms with Crippen molar-refractivity contribution >= 4 is 0 Å². The van der Waals surface area contributed by atoms with Crippen molar-refractivity contribution < 1.29 is 17.6 Å². The molecule has 0 atom stereocenters. The molecule has 4 heteroatoms. The quantitative estimate of drug-likeness (QED) is 0.481. The lowest BCUT2D eigenvalue weighted by atomic mass is 10.8. The standard InChI is InChI=1S/C2H2F4.C2H6/c3-1(4)2(5)6;1-2/h1-2H;1-2H3. The highest BCUT2D eigenvalue weighted by Crippen LogP contribution is 2.04. The lowest BCUT2D eigenvalue weighted by molar-refractivity contribution is -0.0278. The van der Waals surface area contributed by atoms with Gasteiger partial charge >= 0.3 is 0 Å². The van der Waals surface area contributed by atoms with Crippen molar-refractivity contribution in [3.63, 3.8) is 0 Å². The van der Waals surface area contributed by atoms with E-state index in [9.17, 15) is 17.6 Å². The van der Waals surface area contributed by atoms with E-state index in [1.165, 1.54) is 0 Å². The molecule has 0 aliphatic heterocycles. The average molecular weight is 132 g/mol. The Bertz CT molecular complexity index is 29.0. The van der Waals surface area contributed by atoms with Crippen LogP contribution in [0.15, 0.2) is 0 Å². The summed E-state index contributed by atoms with van der Waals surface area (Å²) in [7, 11) is 0. The van der Waals surface area contributed by atoms with E-state index in [4.69, 9.17) is 0 Å². The molecule has 0 rings (SSSR count). The van der Waals surface area contributed by atoms with Crippen LogP contribution in [0.5, 0.6) is 0 Å². The molecule has 0 amide bonds. The summed E-state index contributed by atoms with van der Waals surface area (Å²) in [5, 5.41) is 0. The first-order valence-electron chi connectivity index (χ1n) is 2.21. The Kier molecular flexibility index (Phi) is 8.95. The predicted molar refractivity (Wildman–Crippen MR) is 23.4 cm³/mol. The molecule has 0 unspecified atom stereocenters. The Morgan fingerprint density at radius 1 is 0.750 bits per heavy atom. The summed E-state index contributed by atoms with van der Waals surface area (Å²) in [6, 6.07) is 0. The number of hydrogen-bond acceptors (Lipinski definition) is 0. The molecule has 0 aromatic carbocycles. The van der Waals surface area contributed by atoms with Gasteiger partial charge in [0.15, 0.2) is 0 Å². The minimum atomic E-state index is -3.48. The number of hydrogen-bond donors (Lipinski definition) is 0. The largest absolute Gasteiger partial charge is 0.298 e. The van der Waals surface area contributed by atoms with Gasteiger partial charge in [0.1, 0.15) is 0 Å². The van der Waals surface area contributed by atoms with Crippen molar-refractivity contribution in [2.75, 3.05) is 0 Å². The van der Waals surface area contributed by atoms with Crippen molar-refractivity contribution in [2.45, 2.75) is 26.7 Å². The first-order valence-corrected chi connectivity index (χ1v) is 2.21. The van der Waals surface area contributed by atoms with E-state index in [0.29, 0.717) is 0 Å². The second kappa shape index (κ2) is 6.72. The van der Waals surface area contributed by atoms with Gasteiger partial charge in [0.25, 0.3) is 12.9 Å². The summed E-state index contributed by atoms with van der Waals surface area (Å²) >= 11 is 0. The molecule has 52 valence electrons. The Morgan fingerprint density at radius 3 is 0.875 bits per heavy atom. The third-order valence-electron chi connectivity index (χ3n) is 0.190. The lowest BCUT2D eigenvalue weighted by Crippen LogP contribution is -2.02. The maximum absolute atomic E-state index is 10.4. The molecule has 0 radical (unpaired) electrons. The summed E-state index contributed by atoms with van der Waals surface area (Å²) in [6.07, 6.45) is -6.96. The molecule has 0 aliphatic carbocycles. The summed E-state index contributed by atoms with van der Waals surface area (Å²) in [4.78, 5) is 0. The van der Waals surface area contributed by atoms with Gasteiger partial charge in [-0.2, -0.15) is 0 Å². The summed E-state index contributed by atoms with van der Waals surface area (Å²) in [5.41, 5.74) is 0. The van der Waals surface area contributed by atoms with Crippen LogP contribution in [-0.2, 0) is 0 Å². The SMILES string of the molecule is CC.FC(F)C(F)F. The zero-order valence-corrected chi connectivity index (χ0v) is 4.67. The fraction of sp³-hybridized carbons (Fsp3) is 1.00. The molecule has 0 N–H and O–H groups in total. The minimum absolute atomic E-state index is 2.00. The number of alkyl halides is 4. The molecule has 0 aromatic rings. The third kappa shape index (κ3) is 9.21. The van der Waals surface area contributed by atoms with Gasteiger partial charge in [0.05, 0.1) is 0 Å². The number of halogens is 4. The van der Waals surface area contributed by atoms with Crippen LogP contribution in [0, 0.1) is 0 Å². The fourth-order valence-electron chi connectivity index (χ4n) is 0. The molecule has 0 saturated heterocycles. The summed E-state index contributed by atoms with van der Waals surface area (Å²) in [5.74, 6) is 0. The molecule has 0 fully saturated rings. The van der Waals surface area contributed by atoms with Crippen LogP contribution in [0.2, 0.25) is 0 Å². The summed E-state index contributed by atoms with van der Waals surface area (Å²) < 4.78 is 41.6. The molecule has 0 bridgehead atoms. The van der Waals surface area contributed by atoms with E-state index >= 15 is 0 Å². The van der Waals surface area contributed by atoms with E-state index in [2.05, 4.69) is 0 Å². The predicted octanol–water partition coefficient (Wildman–Crippen LogP) is 2.54.